The minimum absolute atomic E-state index is 0.0704. The van der Waals surface area contributed by atoms with E-state index in [1.807, 2.05) is 25.1 Å². The van der Waals surface area contributed by atoms with Crippen molar-refractivity contribution >= 4 is 15.6 Å². The molecule has 0 radical (unpaired) electrons. The fourth-order valence-corrected chi connectivity index (χ4v) is 3.75. The van der Waals surface area contributed by atoms with Crippen molar-refractivity contribution in [1.29, 1.82) is 0 Å². The standard InChI is InChI=1S/C14H18O4S/c1-11-4-2-3-5-13(11)9-19(16,17)10-14(15)12-6-7-18-8-12/h2-5,12H,6-10H2,1H3. The van der Waals surface area contributed by atoms with Gasteiger partial charge in [0.25, 0.3) is 0 Å². The lowest BCUT2D eigenvalue weighted by atomic mass is 10.1. The number of ether oxygens (including phenoxy) is 1. The molecule has 1 saturated heterocycles. The molecule has 5 heteroatoms. The first-order valence-electron chi connectivity index (χ1n) is 6.33. The Bertz CT molecular complexity index is 557. The van der Waals surface area contributed by atoms with Gasteiger partial charge >= 0.3 is 0 Å². The van der Waals surface area contributed by atoms with E-state index in [1.165, 1.54) is 0 Å². The summed E-state index contributed by atoms with van der Waals surface area (Å²) in [5.74, 6) is -0.910. The molecule has 1 fully saturated rings. The Morgan fingerprint density at radius 1 is 1.37 bits per heavy atom. The highest BCUT2D eigenvalue weighted by molar-refractivity contribution is 7.91. The van der Waals surface area contributed by atoms with Crippen LogP contribution in [0.1, 0.15) is 17.5 Å². The SMILES string of the molecule is Cc1ccccc1CS(=O)(=O)CC(=O)C1CCOC1. The molecule has 0 aromatic heterocycles. The van der Waals surface area contributed by atoms with Crippen molar-refractivity contribution in [3.05, 3.63) is 35.4 Å². The zero-order valence-electron chi connectivity index (χ0n) is 11.0. The Morgan fingerprint density at radius 3 is 2.74 bits per heavy atom. The maximum atomic E-state index is 12.1. The van der Waals surface area contributed by atoms with Gasteiger partial charge in [0.15, 0.2) is 15.6 Å². The molecule has 1 aliphatic rings. The molecule has 1 atom stereocenters. The molecule has 1 aromatic rings. The summed E-state index contributed by atoms with van der Waals surface area (Å²) in [7, 11) is -3.40. The lowest BCUT2D eigenvalue weighted by Gasteiger charge is -2.09. The van der Waals surface area contributed by atoms with Crippen molar-refractivity contribution in [2.75, 3.05) is 19.0 Å². The fourth-order valence-electron chi connectivity index (χ4n) is 2.18. The Morgan fingerprint density at radius 2 is 2.11 bits per heavy atom. The van der Waals surface area contributed by atoms with Gasteiger partial charge in [0, 0.05) is 12.5 Å². The van der Waals surface area contributed by atoms with Crippen LogP contribution in [0, 0.1) is 12.8 Å². The van der Waals surface area contributed by atoms with Gasteiger partial charge in [-0.05, 0) is 24.5 Å². The molecule has 0 N–H and O–H groups in total. The number of aryl methyl sites for hydroxylation is 1. The van der Waals surface area contributed by atoms with E-state index in [1.54, 1.807) is 6.07 Å². The number of hydrogen-bond acceptors (Lipinski definition) is 4. The van der Waals surface area contributed by atoms with Crippen LogP contribution in [-0.4, -0.2) is 33.2 Å². The summed E-state index contributed by atoms with van der Waals surface area (Å²) in [6, 6.07) is 7.34. The van der Waals surface area contributed by atoms with Crippen LogP contribution in [-0.2, 0) is 25.1 Å². The topological polar surface area (TPSA) is 60.4 Å². The first-order valence-corrected chi connectivity index (χ1v) is 8.15. The molecule has 0 aliphatic carbocycles. The largest absolute Gasteiger partial charge is 0.381 e. The Hall–Kier alpha value is -1.20. The number of hydrogen-bond donors (Lipinski definition) is 0. The van der Waals surface area contributed by atoms with Crippen LogP contribution in [0.3, 0.4) is 0 Å². The van der Waals surface area contributed by atoms with Crippen molar-refractivity contribution in [1.82, 2.24) is 0 Å². The van der Waals surface area contributed by atoms with Gasteiger partial charge in [-0.2, -0.15) is 0 Å². The Kier molecular flexibility index (Phi) is 4.37. The molecule has 104 valence electrons. The van der Waals surface area contributed by atoms with E-state index in [4.69, 9.17) is 4.74 Å². The van der Waals surface area contributed by atoms with Gasteiger partial charge in [-0.3, -0.25) is 4.79 Å². The maximum Gasteiger partial charge on any atom is 0.161 e. The predicted molar refractivity (Wildman–Crippen MR) is 72.6 cm³/mol. The van der Waals surface area contributed by atoms with E-state index >= 15 is 0 Å². The second-order valence-corrected chi connectivity index (χ2v) is 7.05. The van der Waals surface area contributed by atoms with Gasteiger partial charge in [0.2, 0.25) is 0 Å². The molecular formula is C14H18O4S. The lowest BCUT2D eigenvalue weighted by Crippen LogP contribution is -2.25. The van der Waals surface area contributed by atoms with Crippen LogP contribution >= 0.6 is 0 Å². The van der Waals surface area contributed by atoms with E-state index in [0.717, 1.165) is 11.1 Å². The molecule has 1 aromatic carbocycles. The van der Waals surface area contributed by atoms with E-state index < -0.39 is 9.84 Å². The van der Waals surface area contributed by atoms with Crippen molar-refractivity contribution in [3.63, 3.8) is 0 Å². The molecule has 19 heavy (non-hydrogen) atoms. The lowest BCUT2D eigenvalue weighted by molar-refractivity contribution is -0.120. The van der Waals surface area contributed by atoms with Crippen LogP contribution in [0.4, 0.5) is 0 Å². The van der Waals surface area contributed by atoms with Crippen LogP contribution in [0.5, 0.6) is 0 Å². The number of sulfone groups is 1. The minimum Gasteiger partial charge on any atom is -0.381 e. The third-order valence-corrected chi connectivity index (χ3v) is 4.86. The maximum absolute atomic E-state index is 12.1. The second kappa shape index (κ2) is 5.84. The summed E-state index contributed by atoms with van der Waals surface area (Å²) in [6.07, 6.45) is 0.638. The zero-order chi connectivity index (χ0) is 13.9. The van der Waals surface area contributed by atoms with Gasteiger partial charge < -0.3 is 4.74 Å². The highest BCUT2D eigenvalue weighted by Crippen LogP contribution is 2.17. The predicted octanol–water partition coefficient (Wildman–Crippen LogP) is 1.52. The third kappa shape index (κ3) is 3.88. The zero-order valence-corrected chi connectivity index (χ0v) is 11.8. The number of carbonyl (C=O) groups excluding carboxylic acids is 1. The fraction of sp³-hybridized carbons (Fsp3) is 0.500. The first-order chi connectivity index (χ1) is 8.98. The van der Waals surface area contributed by atoms with Crippen molar-refractivity contribution in [2.24, 2.45) is 5.92 Å². The highest BCUT2D eigenvalue weighted by Gasteiger charge is 2.27. The summed E-state index contributed by atoms with van der Waals surface area (Å²) in [5.41, 5.74) is 1.70. The number of rotatable bonds is 5. The molecule has 0 spiro atoms. The van der Waals surface area contributed by atoms with Crippen LogP contribution in [0.25, 0.3) is 0 Å². The molecule has 4 nitrogen and oxygen atoms in total. The normalized spacial score (nSPS) is 19.5. The molecule has 1 aliphatic heterocycles. The van der Waals surface area contributed by atoms with Crippen molar-refractivity contribution < 1.29 is 17.9 Å². The molecular weight excluding hydrogens is 264 g/mol. The second-order valence-electron chi connectivity index (χ2n) is 4.99. The number of benzene rings is 1. The summed E-state index contributed by atoms with van der Waals surface area (Å²) in [5, 5.41) is 0. The van der Waals surface area contributed by atoms with Crippen molar-refractivity contribution in [2.45, 2.75) is 19.1 Å². The number of Topliss-reactive ketones (excluding diaryl/α,β-unsaturated/α-hetero) is 1. The smallest absolute Gasteiger partial charge is 0.161 e. The summed E-state index contributed by atoms with van der Waals surface area (Å²) in [4.78, 5) is 11.9. The summed E-state index contributed by atoms with van der Waals surface area (Å²) in [6.45, 7) is 2.78. The average Bonchev–Trinajstić information content (AvgIpc) is 2.85. The number of ketones is 1. The molecule has 0 amide bonds. The van der Waals surface area contributed by atoms with Crippen LogP contribution in [0.15, 0.2) is 24.3 Å². The van der Waals surface area contributed by atoms with Crippen LogP contribution in [0.2, 0.25) is 0 Å². The van der Waals surface area contributed by atoms with Gasteiger partial charge in [-0.1, -0.05) is 24.3 Å². The Balaban J connectivity index is 2.02. The molecule has 1 unspecified atom stereocenters. The van der Waals surface area contributed by atoms with Gasteiger partial charge in [-0.25, -0.2) is 8.42 Å². The van der Waals surface area contributed by atoms with Gasteiger partial charge in [0.1, 0.15) is 5.75 Å². The average molecular weight is 282 g/mol. The molecule has 1 heterocycles. The monoisotopic (exact) mass is 282 g/mol. The molecule has 0 saturated carbocycles. The van der Waals surface area contributed by atoms with E-state index in [2.05, 4.69) is 0 Å². The summed E-state index contributed by atoms with van der Waals surface area (Å²) >= 11 is 0. The van der Waals surface area contributed by atoms with E-state index in [-0.39, 0.29) is 23.2 Å². The summed E-state index contributed by atoms with van der Waals surface area (Å²) < 4.78 is 29.2. The Labute approximate surface area is 113 Å². The van der Waals surface area contributed by atoms with E-state index in [0.29, 0.717) is 19.6 Å². The highest BCUT2D eigenvalue weighted by atomic mass is 32.2. The minimum atomic E-state index is -3.40. The molecule has 2 rings (SSSR count). The number of carbonyl (C=O) groups is 1. The molecule has 0 bridgehead atoms. The van der Waals surface area contributed by atoms with Crippen LogP contribution < -0.4 is 0 Å². The van der Waals surface area contributed by atoms with Crippen molar-refractivity contribution in [3.8, 4) is 0 Å². The third-order valence-electron chi connectivity index (χ3n) is 3.38. The quantitative estimate of drug-likeness (QED) is 0.821. The van der Waals surface area contributed by atoms with Gasteiger partial charge in [-0.15, -0.1) is 0 Å². The first kappa shape index (κ1) is 14.2. The van der Waals surface area contributed by atoms with E-state index in [9.17, 15) is 13.2 Å². The van der Waals surface area contributed by atoms with Gasteiger partial charge in [0.05, 0.1) is 12.4 Å².